The Bertz CT molecular complexity index is 841. The molecule has 0 heterocycles. The third-order valence-electron chi connectivity index (χ3n) is 5.56. The van der Waals surface area contributed by atoms with Gasteiger partial charge < -0.3 is 9.47 Å². The lowest BCUT2D eigenvalue weighted by molar-refractivity contribution is 0.0497. The normalized spacial score (nSPS) is 10.9. The van der Waals surface area contributed by atoms with Crippen LogP contribution in [0.15, 0.2) is 48.5 Å². The molecule has 0 unspecified atom stereocenters. The largest absolute Gasteiger partial charge is 0.462 e. The minimum atomic E-state index is -0.480. The number of para-hydroxylation sites is 1. The van der Waals surface area contributed by atoms with Gasteiger partial charge in [-0.1, -0.05) is 96.4 Å². The molecule has 0 amide bonds. The molecule has 0 saturated carbocycles. The number of rotatable bonds is 14. The fourth-order valence-corrected chi connectivity index (χ4v) is 3.64. The molecular formula is C28H38O4. The number of hydrogen-bond donors (Lipinski definition) is 0. The van der Waals surface area contributed by atoms with Crippen LogP contribution in [0.1, 0.15) is 111 Å². The predicted octanol–water partition coefficient (Wildman–Crippen LogP) is 7.72. The molecule has 0 aliphatic carbocycles. The second-order valence-corrected chi connectivity index (χ2v) is 8.63. The summed E-state index contributed by atoms with van der Waals surface area (Å²) in [6, 6.07) is 14.0. The molecule has 0 fully saturated rings. The summed E-state index contributed by atoms with van der Waals surface area (Å²) in [4.78, 5) is 25.0. The number of carbonyl (C=O) groups excluding carboxylic acids is 2. The summed E-state index contributed by atoms with van der Waals surface area (Å²) >= 11 is 0. The van der Waals surface area contributed by atoms with Crippen LogP contribution in [0.3, 0.4) is 0 Å². The average Bonchev–Trinajstić information content (AvgIpc) is 2.80. The molecule has 32 heavy (non-hydrogen) atoms. The van der Waals surface area contributed by atoms with E-state index in [4.69, 9.17) is 9.47 Å². The van der Waals surface area contributed by atoms with E-state index in [1.54, 1.807) is 30.3 Å². The van der Waals surface area contributed by atoms with Gasteiger partial charge in [0, 0.05) is 0 Å². The Morgan fingerprint density at radius 1 is 0.750 bits per heavy atom. The molecule has 2 aromatic rings. The molecule has 0 atom stereocenters. The zero-order valence-corrected chi connectivity index (χ0v) is 19.9. The Balaban J connectivity index is 1.77. The summed E-state index contributed by atoms with van der Waals surface area (Å²) in [7, 11) is 0. The summed E-state index contributed by atoms with van der Waals surface area (Å²) < 4.78 is 11.0. The van der Waals surface area contributed by atoms with E-state index in [1.165, 1.54) is 44.9 Å². The Hall–Kier alpha value is -2.62. The number of esters is 2. The average molecular weight is 439 g/mol. The quantitative estimate of drug-likeness (QED) is 0.172. The molecule has 0 radical (unpaired) electrons. The molecule has 0 aliphatic heterocycles. The molecule has 0 N–H and O–H groups in total. The van der Waals surface area contributed by atoms with Crippen molar-refractivity contribution in [1.82, 2.24) is 0 Å². The smallest absolute Gasteiger partial charge is 0.343 e. The molecule has 0 aromatic heterocycles. The van der Waals surface area contributed by atoms with E-state index >= 15 is 0 Å². The van der Waals surface area contributed by atoms with Crippen molar-refractivity contribution in [3.05, 3.63) is 65.2 Å². The number of unbranched alkanes of at least 4 members (excludes halogenated alkanes) is 8. The monoisotopic (exact) mass is 438 g/mol. The minimum Gasteiger partial charge on any atom is -0.462 e. The van der Waals surface area contributed by atoms with Crippen molar-refractivity contribution in [1.29, 1.82) is 0 Å². The van der Waals surface area contributed by atoms with E-state index in [1.807, 2.05) is 18.2 Å². The van der Waals surface area contributed by atoms with Crippen LogP contribution in [-0.2, 0) is 4.74 Å². The maximum Gasteiger partial charge on any atom is 0.343 e. The fraction of sp³-hybridized carbons (Fsp3) is 0.500. The van der Waals surface area contributed by atoms with Gasteiger partial charge in [0.05, 0.1) is 17.7 Å². The van der Waals surface area contributed by atoms with Crippen LogP contribution in [0.5, 0.6) is 5.75 Å². The Kier molecular flexibility index (Phi) is 11.6. The number of benzene rings is 2. The lowest BCUT2D eigenvalue weighted by atomic mass is 10.0. The topological polar surface area (TPSA) is 52.6 Å². The summed E-state index contributed by atoms with van der Waals surface area (Å²) in [6.45, 7) is 6.75. The molecule has 0 aliphatic rings. The molecule has 4 nitrogen and oxygen atoms in total. The van der Waals surface area contributed by atoms with E-state index in [0.29, 0.717) is 23.5 Å². The van der Waals surface area contributed by atoms with Gasteiger partial charge in [0.1, 0.15) is 5.75 Å². The Morgan fingerprint density at radius 3 is 2.00 bits per heavy atom. The molecule has 0 spiro atoms. The first-order valence-electron chi connectivity index (χ1n) is 12.1. The SMILES string of the molecule is CCCCCCCCCCCOC(=O)c1cccc(C(=O)Oc2ccccc2C(C)C)c1. The van der Waals surface area contributed by atoms with E-state index < -0.39 is 11.9 Å². The molecule has 2 rings (SSSR count). The zero-order valence-electron chi connectivity index (χ0n) is 19.9. The molecule has 174 valence electrons. The highest BCUT2D eigenvalue weighted by Gasteiger charge is 2.15. The molecular weight excluding hydrogens is 400 g/mol. The van der Waals surface area contributed by atoms with Crippen molar-refractivity contribution < 1.29 is 19.1 Å². The van der Waals surface area contributed by atoms with Crippen molar-refractivity contribution in [2.24, 2.45) is 0 Å². The third-order valence-corrected chi connectivity index (χ3v) is 5.56. The minimum absolute atomic E-state index is 0.237. The number of carbonyl (C=O) groups is 2. The van der Waals surface area contributed by atoms with Crippen LogP contribution in [-0.4, -0.2) is 18.5 Å². The zero-order chi connectivity index (χ0) is 23.2. The lowest BCUT2D eigenvalue weighted by Crippen LogP contribution is -2.12. The summed E-state index contributed by atoms with van der Waals surface area (Å²) in [6.07, 6.45) is 10.9. The maximum atomic E-state index is 12.6. The maximum absolute atomic E-state index is 12.6. The van der Waals surface area contributed by atoms with Gasteiger partial charge >= 0.3 is 11.9 Å². The molecule has 4 heteroatoms. The van der Waals surface area contributed by atoms with Gasteiger partial charge in [-0.05, 0) is 42.2 Å². The van der Waals surface area contributed by atoms with Crippen LogP contribution in [0, 0.1) is 0 Å². The van der Waals surface area contributed by atoms with Gasteiger partial charge in [0.25, 0.3) is 0 Å². The summed E-state index contributed by atoms with van der Waals surface area (Å²) in [5.41, 5.74) is 1.67. The van der Waals surface area contributed by atoms with Crippen LogP contribution >= 0.6 is 0 Å². The predicted molar refractivity (Wildman–Crippen MR) is 129 cm³/mol. The first-order chi connectivity index (χ1) is 15.5. The molecule has 2 aromatic carbocycles. The second-order valence-electron chi connectivity index (χ2n) is 8.63. The van der Waals surface area contributed by atoms with Crippen molar-refractivity contribution in [2.75, 3.05) is 6.61 Å². The van der Waals surface area contributed by atoms with Crippen LogP contribution in [0.4, 0.5) is 0 Å². The van der Waals surface area contributed by atoms with Crippen LogP contribution in [0.2, 0.25) is 0 Å². The van der Waals surface area contributed by atoms with Crippen molar-refractivity contribution in [2.45, 2.75) is 84.5 Å². The van der Waals surface area contributed by atoms with Crippen molar-refractivity contribution in [3.8, 4) is 5.75 Å². The summed E-state index contributed by atoms with van der Waals surface area (Å²) in [5, 5.41) is 0. The van der Waals surface area contributed by atoms with Crippen molar-refractivity contribution in [3.63, 3.8) is 0 Å². The van der Waals surface area contributed by atoms with E-state index in [-0.39, 0.29) is 5.92 Å². The van der Waals surface area contributed by atoms with Gasteiger partial charge in [-0.25, -0.2) is 9.59 Å². The fourth-order valence-electron chi connectivity index (χ4n) is 3.64. The van der Waals surface area contributed by atoms with Gasteiger partial charge in [-0.15, -0.1) is 0 Å². The standard InChI is InChI=1S/C28H38O4/c1-4-5-6-7-8-9-10-11-14-20-31-27(29)23-16-15-17-24(21-23)28(30)32-26-19-13-12-18-25(26)22(2)3/h12-13,15-19,21-22H,4-11,14,20H2,1-3H3. The first kappa shape index (κ1) is 25.6. The van der Waals surface area contributed by atoms with E-state index in [2.05, 4.69) is 20.8 Å². The highest BCUT2D eigenvalue weighted by Crippen LogP contribution is 2.26. The van der Waals surface area contributed by atoms with Crippen molar-refractivity contribution >= 4 is 11.9 Å². The van der Waals surface area contributed by atoms with Gasteiger partial charge in [-0.2, -0.15) is 0 Å². The highest BCUT2D eigenvalue weighted by atomic mass is 16.5. The second kappa shape index (κ2) is 14.4. The molecule has 0 bridgehead atoms. The Labute approximate surface area is 193 Å². The molecule has 0 saturated heterocycles. The highest BCUT2D eigenvalue weighted by molar-refractivity contribution is 5.96. The number of ether oxygens (including phenoxy) is 2. The van der Waals surface area contributed by atoms with Crippen LogP contribution < -0.4 is 4.74 Å². The van der Waals surface area contributed by atoms with Gasteiger partial charge in [0.15, 0.2) is 0 Å². The van der Waals surface area contributed by atoms with E-state index in [9.17, 15) is 9.59 Å². The third kappa shape index (κ3) is 8.86. The van der Waals surface area contributed by atoms with Gasteiger partial charge in [-0.3, -0.25) is 0 Å². The van der Waals surface area contributed by atoms with Gasteiger partial charge in [0.2, 0.25) is 0 Å². The summed E-state index contributed by atoms with van der Waals surface area (Å²) in [5.74, 6) is -0.0966. The lowest BCUT2D eigenvalue weighted by Gasteiger charge is -2.12. The first-order valence-corrected chi connectivity index (χ1v) is 12.1. The Morgan fingerprint density at radius 2 is 1.34 bits per heavy atom. The number of hydrogen-bond acceptors (Lipinski definition) is 4. The van der Waals surface area contributed by atoms with E-state index in [0.717, 1.165) is 18.4 Å². The van der Waals surface area contributed by atoms with Crippen LogP contribution in [0.25, 0.3) is 0 Å².